The van der Waals surface area contributed by atoms with Gasteiger partial charge in [-0.2, -0.15) is 0 Å². The Hall–Kier alpha value is -1.59. The highest BCUT2D eigenvalue weighted by molar-refractivity contribution is 7.84. The van der Waals surface area contributed by atoms with Gasteiger partial charge in [0.1, 0.15) is 5.82 Å². The maximum atomic E-state index is 11.4. The molecule has 2 aromatic rings. The van der Waals surface area contributed by atoms with Gasteiger partial charge in [0, 0.05) is 52.5 Å². The Morgan fingerprint density at radius 1 is 1.14 bits per heavy atom. The molecular weight excluding hydrogens is 282 g/mol. The molecule has 0 fully saturated rings. The SMILES string of the molecule is Cc1ncc(CN(C)Cc2ccc(S(C)=O)cc2)c(C)n1. The molecule has 0 amide bonds. The van der Waals surface area contributed by atoms with Crippen molar-refractivity contribution in [3.63, 3.8) is 0 Å². The van der Waals surface area contributed by atoms with Crippen LogP contribution in [0.2, 0.25) is 0 Å². The van der Waals surface area contributed by atoms with Crippen LogP contribution in [-0.4, -0.2) is 32.4 Å². The second-order valence-electron chi connectivity index (χ2n) is 5.30. The highest BCUT2D eigenvalue weighted by atomic mass is 32.2. The van der Waals surface area contributed by atoms with Gasteiger partial charge >= 0.3 is 0 Å². The molecule has 0 aliphatic rings. The van der Waals surface area contributed by atoms with Crippen molar-refractivity contribution in [2.24, 2.45) is 0 Å². The monoisotopic (exact) mass is 303 g/mol. The average molecular weight is 303 g/mol. The smallest absolute Gasteiger partial charge is 0.125 e. The number of hydrogen-bond donors (Lipinski definition) is 0. The molecule has 0 saturated heterocycles. The fourth-order valence-corrected chi connectivity index (χ4v) is 2.73. The number of hydrogen-bond acceptors (Lipinski definition) is 4. The molecule has 0 N–H and O–H groups in total. The van der Waals surface area contributed by atoms with E-state index in [2.05, 4.69) is 21.9 Å². The number of aromatic nitrogens is 2. The first-order chi connectivity index (χ1) is 9.95. The van der Waals surface area contributed by atoms with Crippen molar-refractivity contribution in [2.45, 2.75) is 31.8 Å². The summed E-state index contributed by atoms with van der Waals surface area (Å²) >= 11 is 0. The van der Waals surface area contributed by atoms with Crippen LogP contribution < -0.4 is 0 Å². The Bertz CT molecular complexity index is 640. The minimum Gasteiger partial charge on any atom is -0.298 e. The predicted molar refractivity (Wildman–Crippen MR) is 85.5 cm³/mol. The Kier molecular flexibility index (Phi) is 5.20. The summed E-state index contributed by atoms with van der Waals surface area (Å²) < 4.78 is 11.4. The van der Waals surface area contributed by atoms with Crippen molar-refractivity contribution < 1.29 is 4.21 Å². The average Bonchev–Trinajstić information content (AvgIpc) is 2.42. The van der Waals surface area contributed by atoms with Crippen molar-refractivity contribution in [1.29, 1.82) is 0 Å². The molecule has 0 saturated carbocycles. The fourth-order valence-electron chi connectivity index (χ4n) is 2.21. The van der Waals surface area contributed by atoms with E-state index in [-0.39, 0.29) is 0 Å². The third-order valence-electron chi connectivity index (χ3n) is 3.35. The molecule has 1 atom stereocenters. The summed E-state index contributed by atoms with van der Waals surface area (Å²) in [6, 6.07) is 7.93. The van der Waals surface area contributed by atoms with Gasteiger partial charge in [-0.15, -0.1) is 0 Å². The normalized spacial score (nSPS) is 12.6. The molecule has 0 aliphatic heterocycles. The Balaban J connectivity index is 2.01. The van der Waals surface area contributed by atoms with Crippen LogP contribution in [0.4, 0.5) is 0 Å². The number of nitrogens with zero attached hydrogens (tertiary/aromatic N) is 3. The summed E-state index contributed by atoms with van der Waals surface area (Å²) in [5.41, 5.74) is 3.39. The molecule has 2 rings (SSSR count). The molecule has 1 unspecified atom stereocenters. The van der Waals surface area contributed by atoms with Gasteiger partial charge in [0.25, 0.3) is 0 Å². The minimum absolute atomic E-state index is 0.807. The molecule has 21 heavy (non-hydrogen) atoms. The first-order valence-electron chi connectivity index (χ1n) is 6.85. The van der Waals surface area contributed by atoms with E-state index >= 15 is 0 Å². The second-order valence-corrected chi connectivity index (χ2v) is 6.68. The van der Waals surface area contributed by atoms with E-state index in [1.807, 2.05) is 44.3 Å². The predicted octanol–water partition coefficient (Wildman–Crippen LogP) is 2.46. The lowest BCUT2D eigenvalue weighted by molar-refractivity contribution is 0.317. The summed E-state index contributed by atoms with van der Waals surface area (Å²) in [4.78, 5) is 11.7. The lowest BCUT2D eigenvalue weighted by Gasteiger charge is -2.17. The lowest BCUT2D eigenvalue weighted by atomic mass is 10.2. The van der Waals surface area contributed by atoms with Crippen LogP contribution in [0, 0.1) is 13.8 Å². The van der Waals surface area contributed by atoms with Gasteiger partial charge in [-0.05, 0) is 38.6 Å². The van der Waals surface area contributed by atoms with Crippen LogP contribution in [0.5, 0.6) is 0 Å². The Morgan fingerprint density at radius 3 is 2.38 bits per heavy atom. The van der Waals surface area contributed by atoms with Crippen molar-refractivity contribution in [2.75, 3.05) is 13.3 Å². The van der Waals surface area contributed by atoms with Crippen LogP contribution >= 0.6 is 0 Å². The molecular formula is C16H21N3OS. The third kappa shape index (κ3) is 4.44. The Morgan fingerprint density at radius 2 is 1.81 bits per heavy atom. The van der Waals surface area contributed by atoms with Crippen LogP contribution in [0.1, 0.15) is 22.6 Å². The summed E-state index contributed by atoms with van der Waals surface area (Å²) in [6.45, 7) is 5.57. The van der Waals surface area contributed by atoms with Crippen molar-refractivity contribution in [3.8, 4) is 0 Å². The van der Waals surface area contributed by atoms with Crippen LogP contribution in [0.25, 0.3) is 0 Å². The molecule has 0 spiro atoms. The van der Waals surface area contributed by atoms with Gasteiger partial charge in [0.15, 0.2) is 0 Å². The summed E-state index contributed by atoms with van der Waals surface area (Å²) in [6.07, 6.45) is 3.60. The van der Waals surface area contributed by atoms with Gasteiger partial charge in [-0.25, -0.2) is 9.97 Å². The molecule has 112 valence electrons. The van der Waals surface area contributed by atoms with E-state index in [0.717, 1.165) is 35.1 Å². The summed E-state index contributed by atoms with van der Waals surface area (Å²) in [7, 11) is 1.16. The maximum Gasteiger partial charge on any atom is 0.125 e. The quantitative estimate of drug-likeness (QED) is 0.851. The van der Waals surface area contributed by atoms with Gasteiger partial charge < -0.3 is 0 Å². The van der Waals surface area contributed by atoms with E-state index in [1.165, 1.54) is 5.56 Å². The third-order valence-corrected chi connectivity index (χ3v) is 4.29. The van der Waals surface area contributed by atoms with Crippen molar-refractivity contribution >= 4 is 10.8 Å². The van der Waals surface area contributed by atoms with Crippen molar-refractivity contribution in [3.05, 3.63) is 53.1 Å². The number of benzene rings is 1. The number of aryl methyl sites for hydroxylation is 2. The molecule has 0 aliphatic carbocycles. The minimum atomic E-state index is -0.917. The number of rotatable bonds is 5. The molecule has 0 bridgehead atoms. The zero-order valence-electron chi connectivity index (χ0n) is 13.0. The van der Waals surface area contributed by atoms with Gasteiger partial charge in [-0.3, -0.25) is 9.11 Å². The lowest BCUT2D eigenvalue weighted by Crippen LogP contribution is -2.18. The first-order valence-corrected chi connectivity index (χ1v) is 8.41. The molecule has 1 aromatic carbocycles. The van der Waals surface area contributed by atoms with Gasteiger partial charge in [0.2, 0.25) is 0 Å². The molecule has 5 heteroatoms. The van der Waals surface area contributed by atoms with Crippen LogP contribution in [0.15, 0.2) is 35.4 Å². The zero-order valence-corrected chi connectivity index (χ0v) is 13.8. The first kappa shape index (κ1) is 15.8. The molecule has 1 heterocycles. The van der Waals surface area contributed by atoms with Crippen LogP contribution in [-0.2, 0) is 23.9 Å². The Labute approximate surface area is 128 Å². The van der Waals surface area contributed by atoms with E-state index in [4.69, 9.17) is 0 Å². The standard InChI is InChI=1S/C16H21N3OS/c1-12-15(9-17-13(2)18-12)11-19(3)10-14-5-7-16(8-6-14)21(4)20/h5-9H,10-11H2,1-4H3. The topological polar surface area (TPSA) is 46.1 Å². The summed E-state index contributed by atoms with van der Waals surface area (Å²) in [5.74, 6) is 0.807. The second kappa shape index (κ2) is 6.91. The highest BCUT2D eigenvalue weighted by Crippen LogP contribution is 2.12. The zero-order chi connectivity index (χ0) is 15.4. The molecule has 4 nitrogen and oxygen atoms in total. The fraction of sp³-hybridized carbons (Fsp3) is 0.375. The van der Waals surface area contributed by atoms with Crippen LogP contribution in [0.3, 0.4) is 0 Å². The molecule has 0 radical (unpaired) electrons. The van der Waals surface area contributed by atoms with E-state index in [1.54, 1.807) is 6.26 Å². The summed E-state index contributed by atoms with van der Waals surface area (Å²) in [5, 5.41) is 0. The van der Waals surface area contributed by atoms with Crippen molar-refractivity contribution in [1.82, 2.24) is 14.9 Å². The van der Waals surface area contributed by atoms with Gasteiger partial charge in [-0.1, -0.05) is 12.1 Å². The van der Waals surface area contributed by atoms with E-state index in [9.17, 15) is 4.21 Å². The largest absolute Gasteiger partial charge is 0.298 e. The van der Waals surface area contributed by atoms with E-state index < -0.39 is 10.8 Å². The van der Waals surface area contributed by atoms with E-state index in [0.29, 0.717) is 0 Å². The molecule has 1 aromatic heterocycles. The van der Waals surface area contributed by atoms with Gasteiger partial charge in [0.05, 0.1) is 0 Å². The maximum absolute atomic E-state index is 11.4. The highest BCUT2D eigenvalue weighted by Gasteiger charge is 2.06.